The van der Waals surface area contributed by atoms with Crippen LogP contribution < -0.4 is 10.9 Å². The smallest absolute Gasteiger partial charge is 0.426 e. The second kappa shape index (κ2) is 11.0. The van der Waals surface area contributed by atoms with E-state index in [-0.39, 0.29) is 24.0 Å². The largest absolute Gasteiger partial charge is 0.444 e. The summed E-state index contributed by atoms with van der Waals surface area (Å²) in [7, 11) is 0. The molecule has 6 heteroatoms. The molecule has 0 bridgehead atoms. The highest BCUT2D eigenvalue weighted by Crippen LogP contribution is 2.36. The molecule has 170 valence electrons. The van der Waals surface area contributed by atoms with E-state index in [0.29, 0.717) is 0 Å². The van der Waals surface area contributed by atoms with Gasteiger partial charge in [0.05, 0.1) is 0 Å². The van der Waals surface area contributed by atoms with Crippen LogP contribution in [0.2, 0.25) is 0 Å². The van der Waals surface area contributed by atoms with Crippen molar-refractivity contribution in [2.45, 2.75) is 75.4 Å². The van der Waals surface area contributed by atoms with Crippen LogP contribution in [-0.4, -0.2) is 24.4 Å². The van der Waals surface area contributed by atoms with Gasteiger partial charge in [0.1, 0.15) is 12.2 Å². The first kappa shape index (κ1) is 22.2. The average Bonchev–Trinajstić information content (AvgIpc) is 2.84. The van der Waals surface area contributed by atoms with Crippen LogP contribution in [0, 0.1) is 0 Å². The third kappa shape index (κ3) is 5.81. The predicted octanol–water partition coefficient (Wildman–Crippen LogP) is 5.81. The topological polar surface area (TPSA) is 76.7 Å². The molecule has 4 rings (SSSR count). The summed E-state index contributed by atoms with van der Waals surface area (Å²) in [4.78, 5) is 24.7. The lowest BCUT2D eigenvalue weighted by Crippen LogP contribution is -2.46. The van der Waals surface area contributed by atoms with Gasteiger partial charge in [0.2, 0.25) is 0 Å². The molecule has 2 aromatic rings. The first-order valence-corrected chi connectivity index (χ1v) is 11.7. The Morgan fingerprint density at radius 1 is 0.594 bits per heavy atom. The van der Waals surface area contributed by atoms with Crippen molar-refractivity contribution in [3.05, 3.63) is 71.8 Å². The fourth-order valence-corrected chi connectivity index (χ4v) is 5.07. The van der Waals surface area contributed by atoms with Crippen molar-refractivity contribution >= 4 is 12.2 Å². The summed E-state index contributed by atoms with van der Waals surface area (Å²) in [5, 5.41) is 0. The van der Waals surface area contributed by atoms with E-state index in [1.54, 1.807) is 0 Å². The predicted molar refractivity (Wildman–Crippen MR) is 122 cm³/mol. The Morgan fingerprint density at radius 3 is 1.38 bits per heavy atom. The highest BCUT2D eigenvalue weighted by atomic mass is 16.6. The van der Waals surface area contributed by atoms with Crippen LogP contribution in [0.1, 0.15) is 74.3 Å². The molecule has 0 aromatic heterocycles. The number of carbonyl (C=O) groups is 2. The molecule has 6 nitrogen and oxygen atoms in total. The molecule has 2 fully saturated rings. The molecule has 4 atom stereocenters. The van der Waals surface area contributed by atoms with Crippen LogP contribution in [0.3, 0.4) is 0 Å². The number of rotatable bonds is 4. The molecule has 32 heavy (non-hydrogen) atoms. The number of hydrazine groups is 1. The standard InChI is InChI=1S/C26H32N2O4/c29-25(31-23-17-9-7-15-21(23)19-11-3-1-4-12-19)27-28-26(30)32-24-18-10-8-16-22(24)20-13-5-2-6-14-20/h1-6,11-14,21-24H,7-10,15-18H2,(H,27,29)(H,28,30)/t21-,22-,23+,24+/m0/s1. The van der Waals surface area contributed by atoms with Gasteiger partial charge in [-0.25, -0.2) is 20.4 Å². The van der Waals surface area contributed by atoms with Gasteiger partial charge in [-0.1, -0.05) is 73.5 Å². The molecule has 2 aliphatic rings. The molecule has 0 saturated heterocycles. The van der Waals surface area contributed by atoms with E-state index in [1.165, 1.54) is 11.1 Å². The maximum atomic E-state index is 12.4. The van der Waals surface area contributed by atoms with Crippen molar-refractivity contribution in [1.82, 2.24) is 10.9 Å². The lowest BCUT2D eigenvalue weighted by atomic mass is 9.81. The minimum Gasteiger partial charge on any atom is -0.444 e. The van der Waals surface area contributed by atoms with Crippen molar-refractivity contribution in [1.29, 1.82) is 0 Å². The fourth-order valence-electron chi connectivity index (χ4n) is 5.07. The van der Waals surface area contributed by atoms with Gasteiger partial charge in [-0.15, -0.1) is 0 Å². The maximum Gasteiger partial charge on any atom is 0.426 e. The van der Waals surface area contributed by atoms with Gasteiger partial charge in [-0.2, -0.15) is 0 Å². The highest BCUT2D eigenvalue weighted by molar-refractivity contribution is 5.74. The van der Waals surface area contributed by atoms with Crippen molar-refractivity contribution in [2.75, 3.05) is 0 Å². The van der Waals surface area contributed by atoms with Crippen molar-refractivity contribution in [3.8, 4) is 0 Å². The Morgan fingerprint density at radius 2 is 0.969 bits per heavy atom. The SMILES string of the molecule is O=C(NNC(=O)O[C@@H]1CCCC[C@H]1c1ccccc1)O[C@@H]1CCCC[C@H]1c1ccccc1. The van der Waals surface area contributed by atoms with Crippen LogP contribution in [0.15, 0.2) is 60.7 Å². The Hall–Kier alpha value is -3.02. The molecule has 2 amide bonds. The van der Waals surface area contributed by atoms with Crippen LogP contribution in [-0.2, 0) is 9.47 Å². The number of carbonyl (C=O) groups excluding carboxylic acids is 2. The molecule has 2 aromatic carbocycles. The molecule has 2 saturated carbocycles. The summed E-state index contributed by atoms with van der Waals surface area (Å²) < 4.78 is 11.3. The zero-order valence-corrected chi connectivity index (χ0v) is 18.4. The lowest BCUT2D eigenvalue weighted by Gasteiger charge is -2.32. The van der Waals surface area contributed by atoms with E-state index in [4.69, 9.17) is 9.47 Å². The Kier molecular flexibility index (Phi) is 7.64. The summed E-state index contributed by atoms with van der Waals surface area (Å²) in [5.74, 6) is 0.355. The van der Waals surface area contributed by atoms with E-state index < -0.39 is 12.2 Å². The monoisotopic (exact) mass is 436 g/mol. The normalized spacial score (nSPS) is 25.4. The molecule has 0 aliphatic heterocycles. The zero-order valence-electron chi connectivity index (χ0n) is 18.4. The Balaban J connectivity index is 1.27. The first-order chi connectivity index (χ1) is 15.7. The van der Waals surface area contributed by atoms with Gasteiger partial charge in [0.25, 0.3) is 0 Å². The van der Waals surface area contributed by atoms with Crippen LogP contribution in [0.25, 0.3) is 0 Å². The molecule has 0 spiro atoms. The summed E-state index contributed by atoms with van der Waals surface area (Å²) >= 11 is 0. The maximum absolute atomic E-state index is 12.4. The number of amides is 2. The van der Waals surface area contributed by atoms with Crippen molar-refractivity contribution in [2.24, 2.45) is 0 Å². The van der Waals surface area contributed by atoms with Crippen molar-refractivity contribution in [3.63, 3.8) is 0 Å². The Bertz CT molecular complexity index is 800. The molecule has 2 N–H and O–H groups in total. The number of hydrogen-bond donors (Lipinski definition) is 2. The third-order valence-electron chi connectivity index (χ3n) is 6.64. The first-order valence-electron chi connectivity index (χ1n) is 11.7. The number of benzene rings is 2. The number of nitrogens with one attached hydrogen (secondary N) is 2. The van der Waals surface area contributed by atoms with E-state index in [0.717, 1.165) is 51.4 Å². The van der Waals surface area contributed by atoms with Gasteiger partial charge < -0.3 is 9.47 Å². The Labute approximate surface area is 189 Å². The molecule has 0 radical (unpaired) electrons. The number of hydrogen-bond acceptors (Lipinski definition) is 4. The summed E-state index contributed by atoms with van der Waals surface area (Å²) in [6.07, 6.45) is 6.19. The molecule has 0 unspecified atom stereocenters. The molecule has 2 aliphatic carbocycles. The summed E-state index contributed by atoms with van der Waals surface area (Å²) in [6, 6.07) is 20.3. The van der Waals surface area contributed by atoms with Gasteiger partial charge in [-0.3, -0.25) is 0 Å². The van der Waals surface area contributed by atoms with Crippen LogP contribution in [0.5, 0.6) is 0 Å². The second-order valence-corrected chi connectivity index (χ2v) is 8.74. The lowest BCUT2D eigenvalue weighted by molar-refractivity contribution is 0.0461. The highest BCUT2D eigenvalue weighted by Gasteiger charge is 2.31. The second-order valence-electron chi connectivity index (χ2n) is 8.74. The minimum absolute atomic E-state index is 0.177. The van der Waals surface area contributed by atoms with Crippen molar-refractivity contribution < 1.29 is 19.1 Å². The minimum atomic E-state index is -0.655. The summed E-state index contributed by atoms with van der Waals surface area (Å²) in [5.41, 5.74) is 7.08. The van der Waals surface area contributed by atoms with Crippen LogP contribution in [0.4, 0.5) is 9.59 Å². The summed E-state index contributed by atoms with van der Waals surface area (Å²) in [6.45, 7) is 0. The van der Waals surface area contributed by atoms with E-state index in [2.05, 4.69) is 35.1 Å². The number of ether oxygens (including phenoxy) is 2. The molecular weight excluding hydrogens is 404 g/mol. The van der Waals surface area contributed by atoms with Crippen LogP contribution >= 0.6 is 0 Å². The fraction of sp³-hybridized carbons (Fsp3) is 0.462. The van der Waals surface area contributed by atoms with Gasteiger partial charge >= 0.3 is 12.2 Å². The van der Waals surface area contributed by atoms with Gasteiger partial charge in [-0.05, 0) is 49.7 Å². The average molecular weight is 437 g/mol. The van der Waals surface area contributed by atoms with E-state index >= 15 is 0 Å². The van der Waals surface area contributed by atoms with Gasteiger partial charge in [0, 0.05) is 11.8 Å². The molecule has 0 heterocycles. The molecular formula is C26H32N2O4. The van der Waals surface area contributed by atoms with Gasteiger partial charge in [0.15, 0.2) is 0 Å². The van der Waals surface area contributed by atoms with E-state index in [1.807, 2.05) is 36.4 Å². The quantitative estimate of drug-likeness (QED) is 0.593. The van der Waals surface area contributed by atoms with E-state index in [9.17, 15) is 9.59 Å². The zero-order chi connectivity index (χ0) is 22.2. The third-order valence-corrected chi connectivity index (χ3v) is 6.64.